The number of anilines is 2. The van der Waals surface area contributed by atoms with E-state index in [4.69, 9.17) is 5.10 Å². The summed E-state index contributed by atoms with van der Waals surface area (Å²) in [7, 11) is 0. The molecule has 0 saturated carbocycles. The van der Waals surface area contributed by atoms with E-state index in [1.165, 1.54) is 18.5 Å². The van der Waals surface area contributed by atoms with Crippen LogP contribution in [0.3, 0.4) is 0 Å². The van der Waals surface area contributed by atoms with Gasteiger partial charge in [-0.2, -0.15) is 5.10 Å². The molecule has 4 rings (SSSR count). The van der Waals surface area contributed by atoms with E-state index in [-0.39, 0.29) is 5.56 Å². The number of nitrogens with zero attached hydrogens (tertiary/aromatic N) is 3. The number of hydrogen-bond acceptors (Lipinski definition) is 5. The molecule has 1 aromatic carbocycles. The Kier molecular flexibility index (Phi) is 4.84. The van der Waals surface area contributed by atoms with E-state index in [1.807, 2.05) is 41.2 Å². The van der Waals surface area contributed by atoms with Crippen LogP contribution >= 0.6 is 0 Å². The number of carbonyl (C=O) groups is 1. The Bertz CT molecular complexity index is 933. The van der Waals surface area contributed by atoms with Gasteiger partial charge in [-0.25, -0.2) is 4.79 Å². The minimum absolute atomic E-state index is 0.167. The molecule has 1 saturated heterocycles. The van der Waals surface area contributed by atoms with Crippen LogP contribution in [0.5, 0.6) is 0 Å². The first-order valence-corrected chi connectivity index (χ1v) is 9.02. The van der Waals surface area contributed by atoms with Crippen LogP contribution in [0, 0.1) is 0 Å². The minimum Gasteiger partial charge on any atom is -0.478 e. The third-order valence-corrected chi connectivity index (χ3v) is 4.80. The molecule has 0 amide bonds. The summed E-state index contributed by atoms with van der Waals surface area (Å²) >= 11 is 0. The van der Waals surface area contributed by atoms with E-state index in [0.29, 0.717) is 17.5 Å². The summed E-state index contributed by atoms with van der Waals surface area (Å²) in [6.45, 7) is 1.94. The molecule has 7 heteroatoms. The Morgan fingerprint density at radius 2 is 1.96 bits per heavy atom. The summed E-state index contributed by atoms with van der Waals surface area (Å²) in [6, 6.07) is 11.8. The number of piperidine rings is 1. The predicted molar refractivity (Wildman–Crippen MR) is 103 cm³/mol. The summed E-state index contributed by atoms with van der Waals surface area (Å²) in [5, 5.41) is 20.8. The predicted octanol–water partition coefficient (Wildman–Crippen LogP) is 3.31. The molecule has 1 aliphatic heterocycles. The van der Waals surface area contributed by atoms with Crippen LogP contribution in [-0.4, -0.2) is 38.9 Å². The van der Waals surface area contributed by atoms with Gasteiger partial charge in [0.1, 0.15) is 0 Å². The fourth-order valence-corrected chi connectivity index (χ4v) is 3.38. The van der Waals surface area contributed by atoms with Crippen LogP contribution in [0.4, 0.5) is 11.5 Å². The number of carboxylic acid groups (broad SMARTS) is 1. The third-order valence-electron chi connectivity index (χ3n) is 4.80. The van der Waals surface area contributed by atoms with Crippen molar-refractivity contribution in [1.29, 1.82) is 0 Å². The van der Waals surface area contributed by atoms with Gasteiger partial charge in [0.05, 0.1) is 23.5 Å². The average molecular weight is 363 g/mol. The Labute approximate surface area is 157 Å². The number of pyridine rings is 1. The molecule has 138 valence electrons. The van der Waals surface area contributed by atoms with E-state index < -0.39 is 5.97 Å². The van der Waals surface area contributed by atoms with Crippen LogP contribution in [0.2, 0.25) is 0 Å². The average Bonchev–Trinajstić information content (AvgIpc) is 3.13. The molecule has 7 nitrogen and oxygen atoms in total. The number of aromatic nitrogens is 3. The monoisotopic (exact) mass is 363 g/mol. The molecule has 0 bridgehead atoms. The largest absolute Gasteiger partial charge is 0.478 e. The standard InChI is InChI=1S/C20H21N5O2/c26-20(27)16-8-11-22-12-18(16)23-19-17(14-4-2-1-3-5-14)13-25(24-19)15-6-9-21-10-7-15/h1-5,8,11-13,15,21H,6-7,9-10H2,(H,23,24)(H,26,27). The zero-order valence-electron chi connectivity index (χ0n) is 14.8. The molecule has 3 N–H and O–H groups in total. The van der Waals surface area contributed by atoms with Crippen molar-refractivity contribution < 1.29 is 9.90 Å². The van der Waals surface area contributed by atoms with Gasteiger partial charge in [0.2, 0.25) is 0 Å². The lowest BCUT2D eigenvalue weighted by molar-refractivity contribution is 0.0698. The first-order chi connectivity index (χ1) is 13.2. The summed E-state index contributed by atoms with van der Waals surface area (Å²) in [5.41, 5.74) is 2.56. The number of aromatic carboxylic acids is 1. The van der Waals surface area contributed by atoms with Gasteiger partial charge in [-0.05, 0) is 37.6 Å². The van der Waals surface area contributed by atoms with Gasteiger partial charge >= 0.3 is 5.97 Å². The molecule has 0 radical (unpaired) electrons. The zero-order valence-corrected chi connectivity index (χ0v) is 14.8. The number of nitrogens with one attached hydrogen (secondary N) is 2. The Hall–Kier alpha value is -3.19. The molecule has 0 unspecified atom stereocenters. The number of rotatable bonds is 5. The van der Waals surface area contributed by atoms with Gasteiger partial charge in [-0.3, -0.25) is 9.67 Å². The van der Waals surface area contributed by atoms with Crippen molar-refractivity contribution in [3.63, 3.8) is 0 Å². The highest BCUT2D eigenvalue weighted by Crippen LogP contribution is 2.32. The van der Waals surface area contributed by atoms with E-state index in [9.17, 15) is 9.90 Å². The second-order valence-electron chi connectivity index (χ2n) is 6.57. The molecule has 27 heavy (non-hydrogen) atoms. The lowest BCUT2D eigenvalue weighted by Gasteiger charge is -2.22. The van der Waals surface area contributed by atoms with E-state index in [2.05, 4.69) is 15.6 Å². The zero-order chi connectivity index (χ0) is 18.6. The van der Waals surface area contributed by atoms with Crippen LogP contribution in [0.25, 0.3) is 11.1 Å². The van der Waals surface area contributed by atoms with Gasteiger partial charge in [-0.1, -0.05) is 30.3 Å². The molecular formula is C20H21N5O2. The van der Waals surface area contributed by atoms with Crippen molar-refractivity contribution in [2.24, 2.45) is 0 Å². The first kappa shape index (κ1) is 17.2. The Balaban J connectivity index is 1.74. The maximum absolute atomic E-state index is 11.5. The lowest BCUT2D eigenvalue weighted by Crippen LogP contribution is -2.29. The molecule has 1 fully saturated rings. The molecule has 2 aromatic heterocycles. The molecular weight excluding hydrogens is 342 g/mol. The SMILES string of the molecule is O=C(O)c1ccncc1Nc1nn(C2CCNCC2)cc1-c1ccccc1. The smallest absolute Gasteiger partial charge is 0.337 e. The van der Waals surface area contributed by atoms with Gasteiger partial charge in [-0.15, -0.1) is 0 Å². The molecule has 0 atom stereocenters. The summed E-state index contributed by atoms with van der Waals surface area (Å²) in [6.07, 6.45) is 7.07. The number of carboxylic acids is 1. The van der Waals surface area contributed by atoms with Crippen molar-refractivity contribution in [3.05, 3.63) is 60.6 Å². The number of hydrogen-bond donors (Lipinski definition) is 3. The van der Waals surface area contributed by atoms with Crippen LogP contribution in [0.15, 0.2) is 55.0 Å². The number of benzene rings is 1. The van der Waals surface area contributed by atoms with E-state index in [1.54, 1.807) is 0 Å². The van der Waals surface area contributed by atoms with Gasteiger partial charge in [0, 0.05) is 18.0 Å². The Morgan fingerprint density at radius 1 is 1.19 bits per heavy atom. The molecule has 0 aliphatic carbocycles. The second kappa shape index (κ2) is 7.59. The van der Waals surface area contributed by atoms with Crippen LogP contribution in [-0.2, 0) is 0 Å². The van der Waals surface area contributed by atoms with Gasteiger partial charge in [0.15, 0.2) is 5.82 Å². The normalized spacial score (nSPS) is 14.8. The summed E-state index contributed by atoms with van der Waals surface area (Å²) in [4.78, 5) is 15.6. The van der Waals surface area contributed by atoms with Gasteiger partial charge in [0.25, 0.3) is 0 Å². The van der Waals surface area contributed by atoms with Crippen molar-refractivity contribution >= 4 is 17.5 Å². The highest BCUT2D eigenvalue weighted by atomic mass is 16.4. The molecule has 3 aromatic rings. The summed E-state index contributed by atoms with van der Waals surface area (Å²) in [5.74, 6) is -0.366. The van der Waals surface area contributed by atoms with Crippen molar-refractivity contribution in [1.82, 2.24) is 20.1 Å². The molecule has 1 aliphatic rings. The Morgan fingerprint density at radius 3 is 2.70 bits per heavy atom. The van der Waals surface area contributed by atoms with Crippen LogP contribution in [0.1, 0.15) is 29.2 Å². The third kappa shape index (κ3) is 3.68. The maximum Gasteiger partial charge on any atom is 0.337 e. The first-order valence-electron chi connectivity index (χ1n) is 9.02. The van der Waals surface area contributed by atoms with E-state index in [0.717, 1.165) is 37.1 Å². The van der Waals surface area contributed by atoms with Crippen LogP contribution < -0.4 is 10.6 Å². The van der Waals surface area contributed by atoms with Crippen molar-refractivity contribution in [3.8, 4) is 11.1 Å². The molecule has 0 spiro atoms. The second-order valence-corrected chi connectivity index (χ2v) is 6.57. The summed E-state index contributed by atoms with van der Waals surface area (Å²) < 4.78 is 2.00. The fraction of sp³-hybridized carbons (Fsp3) is 0.250. The van der Waals surface area contributed by atoms with Crippen molar-refractivity contribution in [2.75, 3.05) is 18.4 Å². The highest BCUT2D eigenvalue weighted by molar-refractivity contribution is 5.95. The molecule has 3 heterocycles. The maximum atomic E-state index is 11.5. The van der Waals surface area contributed by atoms with Gasteiger partial charge < -0.3 is 15.7 Å². The lowest BCUT2D eigenvalue weighted by atomic mass is 10.1. The van der Waals surface area contributed by atoms with Crippen molar-refractivity contribution in [2.45, 2.75) is 18.9 Å². The quantitative estimate of drug-likeness (QED) is 0.644. The topological polar surface area (TPSA) is 92.1 Å². The fourth-order valence-electron chi connectivity index (χ4n) is 3.38. The van der Waals surface area contributed by atoms with E-state index >= 15 is 0 Å². The minimum atomic E-state index is -1.00. The highest BCUT2D eigenvalue weighted by Gasteiger charge is 2.20.